The first kappa shape index (κ1) is 15.4. The number of sulfone groups is 1. The fourth-order valence-corrected chi connectivity index (χ4v) is 3.03. The average Bonchev–Trinajstić information content (AvgIpc) is 2.36. The van der Waals surface area contributed by atoms with Crippen molar-refractivity contribution in [3.63, 3.8) is 0 Å². The third-order valence-corrected chi connectivity index (χ3v) is 4.58. The van der Waals surface area contributed by atoms with Crippen molar-refractivity contribution in [1.82, 2.24) is 0 Å². The van der Waals surface area contributed by atoms with Crippen LogP contribution in [0.5, 0.6) is 0 Å². The summed E-state index contributed by atoms with van der Waals surface area (Å²) in [5.74, 6) is -0.909. The first-order chi connectivity index (χ1) is 8.85. The molecule has 104 valence electrons. The minimum atomic E-state index is -3.34. The van der Waals surface area contributed by atoms with Gasteiger partial charge < -0.3 is 5.11 Å². The van der Waals surface area contributed by atoms with E-state index < -0.39 is 15.8 Å². The van der Waals surface area contributed by atoms with Crippen LogP contribution in [0.4, 0.5) is 0 Å². The van der Waals surface area contributed by atoms with Gasteiger partial charge in [0.05, 0.1) is 10.6 Å². The molecule has 0 saturated carbocycles. The second kappa shape index (κ2) is 6.52. The number of aryl methyl sites for hydroxylation is 1. The van der Waals surface area contributed by atoms with E-state index in [1.165, 1.54) is 12.1 Å². The molecular weight excluding hydrogens is 264 g/mol. The lowest BCUT2D eigenvalue weighted by Crippen LogP contribution is -2.08. The number of hydrogen-bond donors (Lipinski definition) is 1. The lowest BCUT2D eigenvalue weighted by atomic mass is 10.1. The average molecular weight is 282 g/mol. The van der Waals surface area contributed by atoms with Crippen molar-refractivity contribution in [2.75, 3.05) is 5.75 Å². The van der Waals surface area contributed by atoms with Crippen LogP contribution in [0, 0.1) is 0 Å². The van der Waals surface area contributed by atoms with Crippen molar-refractivity contribution in [3.8, 4) is 0 Å². The Labute approximate surface area is 113 Å². The number of carboxylic acids is 1. The largest absolute Gasteiger partial charge is 0.481 e. The standard InChI is InChI=1S/C14H18O4S/c1-3-11(2)10-19(17,18)13-7-4-12(5-8-13)6-9-14(15)16/h4-5,7-8H,2-3,6,9-10H2,1H3,(H,15,16). The summed E-state index contributed by atoms with van der Waals surface area (Å²) >= 11 is 0. The van der Waals surface area contributed by atoms with Crippen LogP contribution in [-0.2, 0) is 21.1 Å². The molecule has 5 heteroatoms. The Kier molecular flexibility index (Phi) is 5.30. The summed E-state index contributed by atoms with van der Waals surface area (Å²) in [7, 11) is -3.34. The molecule has 0 radical (unpaired) electrons. The summed E-state index contributed by atoms with van der Waals surface area (Å²) in [6, 6.07) is 6.36. The minimum absolute atomic E-state index is 0.0404. The first-order valence-corrected chi connectivity index (χ1v) is 7.70. The SMILES string of the molecule is C=C(CC)CS(=O)(=O)c1ccc(CCC(=O)O)cc1. The highest BCUT2D eigenvalue weighted by molar-refractivity contribution is 7.91. The van der Waals surface area contributed by atoms with Crippen LogP contribution in [0.15, 0.2) is 41.3 Å². The predicted octanol–water partition coefficient (Wildman–Crippen LogP) is 2.44. The van der Waals surface area contributed by atoms with Crippen molar-refractivity contribution in [1.29, 1.82) is 0 Å². The highest BCUT2D eigenvalue weighted by atomic mass is 32.2. The molecule has 0 spiro atoms. The van der Waals surface area contributed by atoms with Gasteiger partial charge in [-0.1, -0.05) is 31.2 Å². The summed E-state index contributed by atoms with van der Waals surface area (Å²) in [5.41, 5.74) is 1.49. The van der Waals surface area contributed by atoms with Gasteiger partial charge in [-0.15, -0.1) is 0 Å². The second-order valence-electron chi connectivity index (χ2n) is 4.40. The Morgan fingerprint density at radius 1 is 1.26 bits per heavy atom. The van der Waals surface area contributed by atoms with Crippen molar-refractivity contribution >= 4 is 15.8 Å². The highest BCUT2D eigenvalue weighted by Gasteiger charge is 2.15. The molecule has 0 fully saturated rings. The van der Waals surface area contributed by atoms with Gasteiger partial charge in [-0.2, -0.15) is 0 Å². The van der Waals surface area contributed by atoms with Gasteiger partial charge in [0, 0.05) is 6.42 Å². The molecule has 19 heavy (non-hydrogen) atoms. The van der Waals surface area contributed by atoms with Gasteiger partial charge in [0.15, 0.2) is 9.84 Å². The van der Waals surface area contributed by atoms with E-state index in [4.69, 9.17) is 5.11 Å². The topological polar surface area (TPSA) is 71.4 Å². The first-order valence-electron chi connectivity index (χ1n) is 6.05. The van der Waals surface area contributed by atoms with E-state index in [0.717, 1.165) is 5.56 Å². The van der Waals surface area contributed by atoms with Crippen LogP contribution in [0.25, 0.3) is 0 Å². The van der Waals surface area contributed by atoms with E-state index in [2.05, 4.69) is 6.58 Å². The maximum Gasteiger partial charge on any atom is 0.303 e. The molecule has 0 aliphatic heterocycles. The number of rotatable bonds is 7. The van der Waals surface area contributed by atoms with E-state index in [1.807, 2.05) is 6.92 Å². The van der Waals surface area contributed by atoms with Gasteiger partial charge in [-0.25, -0.2) is 8.42 Å². The third-order valence-electron chi connectivity index (χ3n) is 2.80. The number of carbonyl (C=O) groups is 1. The normalized spacial score (nSPS) is 11.2. The number of aliphatic carboxylic acids is 1. The van der Waals surface area contributed by atoms with E-state index in [9.17, 15) is 13.2 Å². The summed E-state index contributed by atoms with van der Waals surface area (Å²) in [5, 5.41) is 8.58. The molecule has 0 unspecified atom stereocenters. The van der Waals surface area contributed by atoms with Crippen LogP contribution in [0.2, 0.25) is 0 Å². The van der Waals surface area contributed by atoms with Gasteiger partial charge in [-0.3, -0.25) is 4.79 Å². The number of benzene rings is 1. The van der Waals surface area contributed by atoms with Crippen LogP contribution in [0.3, 0.4) is 0 Å². The molecule has 0 heterocycles. The smallest absolute Gasteiger partial charge is 0.303 e. The lowest BCUT2D eigenvalue weighted by molar-refractivity contribution is -0.136. The number of hydrogen-bond acceptors (Lipinski definition) is 3. The van der Waals surface area contributed by atoms with Crippen LogP contribution in [0.1, 0.15) is 25.3 Å². The van der Waals surface area contributed by atoms with E-state index >= 15 is 0 Å². The van der Waals surface area contributed by atoms with Crippen molar-refractivity contribution < 1.29 is 18.3 Å². The molecule has 0 bridgehead atoms. The lowest BCUT2D eigenvalue weighted by Gasteiger charge is -2.06. The van der Waals surface area contributed by atoms with Crippen LogP contribution >= 0.6 is 0 Å². The van der Waals surface area contributed by atoms with Gasteiger partial charge in [0.1, 0.15) is 0 Å². The Balaban J connectivity index is 2.80. The monoisotopic (exact) mass is 282 g/mol. The molecule has 1 rings (SSSR count). The predicted molar refractivity (Wildman–Crippen MR) is 73.9 cm³/mol. The van der Waals surface area contributed by atoms with Gasteiger partial charge >= 0.3 is 5.97 Å². The summed E-state index contributed by atoms with van der Waals surface area (Å²) in [6.07, 6.45) is 1.08. The molecule has 0 aromatic heterocycles. The fourth-order valence-electron chi connectivity index (χ4n) is 1.57. The molecule has 0 aliphatic carbocycles. The molecule has 1 aromatic rings. The molecule has 0 amide bonds. The number of carboxylic acid groups (broad SMARTS) is 1. The summed E-state index contributed by atoms with van der Waals surface area (Å²) < 4.78 is 24.0. The molecule has 1 aromatic carbocycles. The Bertz CT molecular complexity index is 556. The zero-order valence-corrected chi connectivity index (χ0v) is 11.7. The minimum Gasteiger partial charge on any atom is -0.481 e. The van der Waals surface area contributed by atoms with E-state index in [1.54, 1.807) is 12.1 Å². The van der Waals surface area contributed by atoms with Gasteiger partial charge in [0.2, 0.25) is 0 Å². The molecule has 0 atom stereocenters. The molecular formula is C14H18O4S. The van der Waals surface area contributed by atoms with Crippen molar-refractivity contribution in [3.05, 3.63) is 42.0 Å². The van der Waals surface area contributed by atoms with Gasteiger partial charge in [-0.05, 0) is 30.5 Å². The van der Waals surface area contributed by atoms with Crippen LogP contribution < -0.4 is 0 Å². The second-order valence-corrected chi connectivity index (χ2v) is 6.39. The Morgan fingerprint density at radius 2 is 1.84 bits per heavy atom. The molecule has 0 aliphatic rings. The fraction of sp³-hybridized carbons (Fsp3) is 0.357. The zero-order valence-electron chi connectivity index (χ0n) is 10.9. The van der Waals surface area contributed by atoms with E-state index in [-0.39, 0.29) is 17.1 Å². The van der Waals surface area contributed by atoms with Crippen molar-refractivity contribution in [2.24, 2.45) is 0 Å². The Morgan fingerprint density at radius 3 is 2.32 bits per heavy atom. The maximum absolute atomic E-state index is 12.0. The van der Waals surface area contributed by atoms with Crippen molar-refractivity contribution in [2.45, 2.75) is 31.1 Å². The maximum atomic E-state index is 12.0. The quantitative estimate of drug-likeness (QED) is 0.780. The molecule has 1 N–H and O–H groups in total. The Hall–Kier alpha value is -1.62. The summed E-state index contributed by atoms with van der Waals surface area (Å²) in [4.78, 5) is 10.7. The zero-order chi connectivity index (χ0) is 14.5. The van der Waals surface area contributed by atoms with Gasteiger partial charge in [0.25, 0.3) is 0 Å². The summed E-state index contributed by atoms with van der Waals surface area (Å²) in [6.45, 7) is 5.57. The highest BCUT2D eigenvalue weighted by Crippen LogP contribution is 2.16. The third kappa shape index (κ3) is 4.87. The van der Waals surface area contributed by atoms with Crippen LogP contribution in [-0.4, -0.2) is 25.2 Å². The van der Waals surface area contributed by atoms with E-state index in [0.29, 0.717) is 18.4 Å². The molecule has 0 saturated heterocycles. The molecule has 4 nitrogen and oxygen atoms in total.